The predicted molar refractivity (Wildman–Crippen MR) is 164 cm³/mol. The molecule has 42 heavy (non-hydrogen) atoms. The molecule has 3 heterocycles. The van der Waals surface area contributed by atoms with Crippen LogP contribution in [0.3, 0.4) is 0 Å². The normalized spacial score (nSPS) is 12.7. The Morgan fingerprint density at radius 2 is 1.64 bits per heavy atom. The molecule has 0 saturated heterocycles. The molecule has 2 N–H and O–H groups in total. The molecule has 0 fully saturated rings. The van der Waals surface area contributed by atoms with Gasteiger partial charge in [0.15, 0.2) is 5.65 Å². The van der Waals surface area contributed by atoms with E-state index < -0.39 is 33.7 Å². The van der Waals surface area contributed by atoms with Crippen molar-refractivity contribution in [2.24, 2.45) is 5.73 Å². The molecule has 0 spiro atoms. The second-order valence-corrected chi connectivity index (χ2v) is 13.5. The van der Waals surface area contributed by atoms with Crippen LogP contribution in [0.2, 0.25) is 0 Å². The zero-order valence-electron chi connectivity index (χ0n) is 23.3. The van der Waals surface area contributed by atoms with E-state index in [4.69, 9.17) is 10.5 Å². The molecule has 1 atom stereocenters. The predicted octanol–water partition coefficient (Wildman–Crippen LogP) is 5.84. The summed E-state index contributed by atoms with van der Waals surface area (Å²) in [7, 11) is -3.88. The molecule has 0 aliphatic heterocycles. The first-order valence-electron chi connectivity index (χ1n) is 13.2. The molecule has 11 heteroatoms. The number of ether oxygens (including phenoxy) is 1. The third-order valence-corrected chi connectivity index (χ3v) is 9.13. The Hall–Kier alpha value is -4.32. The number of nitrogens with zero attached hydrogens (tertiary/aromatic N) is 3. The first kappa shape index (κ1) is 29.2. The van der Waals surface area contributed by atoms with Gasteiger partial charge in [0.2, 0.25) is 0 Å². The molecule has 3 aromatic heterocycles. The maximum atomic E-state index is 13.6. The van der Waals surface area contributed by atoms with Crippen molar-refractivity contribution in [2.45, 2.75) is 43.7 Å². The van der Waals surface area contributed by atoms with E-state index >= 15 is 0 Å². The number of aromatic nitrogens is 2. The van der Waals surface area contributed by atoms with E-state index in [0.29, 0.717) is 20.8 Å². The Labute approximate surface area is 248 Å². The average molecular weight is 603 g/mol. The molecule has 5 aromatic rings. The zero-order chi connectivity index (χ0) is 30.1. The zero-order valence-corrected chi connectivity index (χ0v) is 24.9. The van der Waals surface area contributed by atoms with Crippen LogP contribution < -0.4 is 10.6 Å². The second-order valence-electron chi connectivity index (χ2n) is 10.6. The number of carbonyl (C=O) groups is 2. The lowest BCUT2D eigenvalue weighted by molar-refractivity contribution is -0.119. The largest absolute Gasteiger partial charge is 0.443 e. The molecule has 9 nitrogen and oxygen atoms in total. The van der Waals surface area contributed by atoms with Crippen LogP contribution in [0.5, 0.6) is 0 Å². The maximum Gasteiger partial charge on any atom is 0.422 e. The monoisotopic (exact) mass is 602 g/mol. The number of hydrogen-bond donors (Lipinski definition) is 1. The van der Waals surface area contributed by atoms with Crippen molar-refractivity contribution in [3.63, 3.8) is 0 Å². The van der Waals surface area contributed by atoms with Crippen LogP contribution in [0.1, 0.15) is 26.3 Å². The number of nitrogens with two attached hydrogens (primary N) is 1. The molecular weight excluding hydrogens is 572 g/mol. The molecule has 5 rings (SSSR count). The molecule has 216 valence electrons. The number of thiophene rings is 1. The molecular formula is C31H30N4O5S2. The van der Waals surface area contributed by atoms with E-state index in [-0.39, 0.29) is 17.0 Å². The maximum absolute atomic E-state index is 13.6. The number of carbonyl (C=O) groups excluding carboxylic acids is 2. The molecule has 0 aliphatic rings. The van der Waals surface area contributed by atoms with Crippen molar-refractivity contribution >= 4 is 49.4 Å². The van der Waals surface area contributed by atoms with Gasteiger partial charge in [-0.25, -0.2) is 27.1 Å². The fraction of sp³-hybridized carbons (Fsp3) is 0.194. The number of amides is 2. The molecule has 0 bridgehead atoms. The van der Waals surface area contributed by atoms with Gasteiger partial charge in [0.25, 0.3) is 15.9 Å². The van der Waals surface area contributed by atoms with Crippen molar-refractivity contribution < 1.29 is 22.7 Å². The van der Waals surface area contributed by atoms with Gasteiger partial charge in [0, 0.05) is 28.2 Å². The third-order valence-electron chi connectivity index (χ3n) is 6.34. The van der Waals surface area contributed by atoms with E-state index in [1.807, 2.05) is 30.3 Å². The van der Waals surface area contributed by atoms with Gasteiger partial charge in [-0.3, -0.25) is 4.79 Å². The van der Waals surface area contributed by atoms with Crippen molar-refractivity contribution in [1.82, 2.24) is 8.96 Å². The van der Waals surface area contributed by atoms with Gasteiger partial charge < -0.3 is 10.5 Å². The van der Waals surface area contributed by atoms with Crippen LogP contribution in [0, 0.1) is 0 Å². The lowest BCUT2D eigenvalue weighted by Gasteiger charge is -2.27. The van der Waals surface area contributed by atoms with E-state index in [1.165, 1.54) is 35.9 Å². The van der Waals surface area contributed by atoms with Crippen molar-refractivity contribution in [2.75, 3.05) is 4.90 Å². The summed E-state index contributed by atoms with van der Waals surface area (Å²) >= 11 is 1.19. The third kappa shape index (κ3) is 5.98. The van der Waals surface area contributed by atoms with E-state index in [2.05, 4.69) is 4.98 Å². The van der Waals surface area contributed by atoms with Crippen LogP contribution in [0.25, 0.3) is 21.5 Å². The van der Waals surface area contributed by atoms with E-state index in [1.54, 1.807) is 63.2 Å². The minimum Gasteiger partial charge on any atom is -0.443 e. The van der Waals surface area contributed by atoms with Gasteiger partial charge >= 0.3 is 6.09 Å². The van der Waals surface area contributed by atoms with Crippen LogP contribution in [0.4, 0.5) is 9.80 Å². The van der Waals surface area contributed by atoms with Gasteiger partial charge in [-0.05, 0) is 69.2 Å². The second kappa shape index (κ2) is 11.5. The number of hydrogen-bond acceptors (Lipinski definition) is 8. The summed E-state index contributed by atoms with van der Waals surface area (Å²) in [5.74, 6) is -0.596. The topological polar surface area (TPSA) is 125 Å². The number of benzene rings is 2. The van der Waals surface area contributed by atoms with E-state index in [9.17, 15) is 18.0 Å². The first-order chi connectivity index (χ1) is 20.0. The molecule has 2 amide bonds. The smallest absolute Gasteiger partial charge is 0.422 e. The Kier molecular flexibility index (Phi) is 8.00. The average Bonchev–Trinajstić information content (AvgIpc) is 3.61. The van der Waals surface area contributed by atoms with Gasteiger partial charge in [-0.1, -0.05) is 48.5 Å². The first-order valence-corrected chi connectivity index (χ1v) is 15.4. The number of fused-ring (bicyclic) bond motifs is 1. The van der Waals surface area contributed by atoms with Gasteiger partial charge in [0.1, 0.15) is 10.6 Å². The Morgan fingerprint density at radius 1 is 0.976 bits per heavy atom. The summed E-state index contributed by atoms with van der Waals surface area (Å²) in [6.07, 6.45) is 2.41. The highest BCUT2D eigenvalue weighted by Crippen LogP contribution is 2.38. The van der Waals surface area contributed by atoms with Crippen LogP contribution in [0.15, 0.2) is 102 Å². The standard InChI is InChI=1S/C31H30N4O5S2/c1-31(2,3)40-30(37)35(29(36)25(32)20-21-10-6-4-7-11-21)27-15-14-26(41-27)23-16-18-33-28-24(23)17-19-34(28)42(38,39)22-12-8-5-9-13-22/h4-19,25H,20,32H2,1-3H3/t25-/m0/s1. The highest BCUT2D eigenvalue weighted by Gasteiger charge is 2.33. The molecule has 0 radical (unpaired) electrons. The Bertz CT molecular complexity index is 1840. The Balaban J connectivity index is 1.51. The highest BCUT2D eigenvalue weighted by molar-refractivity contribution is 7.90. The number of anilines is 1. The van der Waals surface area contributed by atoms with Gasteiger partial charge in [0.05, 0.1) is 10.9 Å². The van der Waals surface area contributed by atoms with Crippen molar-refractivity contribution in [1.29, 1.82) is 0 Å². The number of imide groups is 1. The molecule has 2 aromatic carbocycles. The molecule has 0 saturated carbocycles. The summed E-state index contributed by atoms with van der Waals surface area (Å²) in [6.45, 7) is 5.16. The van der Waals surface area contributed by atoms with Crippen molar-refractivity contribution in [3.8, 4) is 10.4 Å². The lowest BCUT2D eigenvalue weighted by atomic mass is 10.1. The van der Waals surface area contributed by atoms with Crippen LogP contribution in [-0.2, 0) is 26.0 Å². The summed E-state index contributed by atoms with van der Waals surface area (Å²) in [6, 6.07) is 23.3. The highest BCUT2D eigenvalue weighted by atomic mass is 32.2. The van der Waals surface area contributed by atoms with Gasteiger partial charge in [-0.2, -0.15) is 0 Å². The fourth-order valence-electron chi connectivity index (χ4n) is 4.44. The quantitative estimate of drug-likeness (QED) is 0.248. The lowest BCUT2D eigenvalue weighted by Crippen LogP contribution is -2.49. The van der Waals surface area contributed by atoms with Gasteiger partial charge in [-0.15, -0.1) is 11.3 Å². The minimum atomic E-state index is -3.88. The van der Waals surface area contributed by atoms with Crippen molar-refractivity contribution in [3.05, 3.63) is 103 Å². The summed E-state index contributed by atoms with van der Waals surface area (Å²) in [4.78, 5) is 33.1. The molecule has 0 aliphatic carbocycles. The minimum absolute atomic E-state index is 0.145. The number of rotatable bonds is 7. The summed E-state index contributed by atoms with van der Waals surface area (Å²) < 4.78 is 33.4. The number of pyridine rings is 1. The Morgan fingerprint density at radius 3 is 2.31 bits per heavy atom. The van der Waals surface area contributed by atoms with Crippen LogP contribution >= 0.6 is 11.3 Å². The summed E-state index contributed by atoms with van der Waals surface area (Å²) in [5.41, 5.74) is 7.29. The SMILES string of the molecule is CC(C)(C)OC(=O)N(C(=O)[C@@H](N)Cc1ccccc1)c1ccc(-c2ccnc3c2ccn3S(=O)(=O)c2ccccc2)s1. The van der Waals surface area contributed by atoms with Crippen LogP contribution in [-0.4, -0.2) is 41.0 Å². The molecule has 0 unspecified atom stereocenters. The fourth-order valence-corrected chi connectivity index (χ4v) is 6.80. The van der Waals surface area contributed by atoms with E-state index in [0.717, 1.165) is 14.4 Å². The summed E-state index contributed by atoms with van der Waals surface area (Å²) in [5, 5.41) is 0.926.